The van der Waals surface area contributed by atoms with Crippen LogP contribution in [0.3, 0.4) is 0 Å². The van der Waals surface area contributed by atoms with Gasteiger partial charge < -0.3 is 75.9 Å². The number of phenols is 1. The third-order valence-corrected chi connectivity index (χ3v) is 12.9. The highest BCUT2D eigenvalue weighted by Gasteiger charge is 2.40. The van der Waals surface area contributed by atoms with Gasteiger partial charge in [-0.1, -0.05) is 54.6 Å². The van der Waals surface area contributed by atoms with Crippen LogP contribution in [0, 0.1) is 0 Å². The summed E-state index contributed by atoms with van der Waals surface area (Å²) < 4.78 is 0. The number of primary amides is 3. The average Bonchev–Trinajstić information content (AvgIpc) is 3.90. The Balaban J connectivity index is 1.58. The molecule has 26 nitrogen and oxygen atoms in total. The molecule has 28 heteroatoms. The number of hydrogen-bond donors (Lipinski definition) is 15. The molecule has 11 amide bonds. The number of amides is 11. The Labute approximate surface area is 460 Å². The summed E-state index contributed by atoms with van der Waals surface area (Å²) in [6, 6.07) is 8.51. The first-order valence-electron chi connectivity index (χ1n) is 24.8. The second-order valence-electron chi connectivity index (χ2n) is 18.5. The van der Waals surface area contributed by atoms with Crippen LogP contribution in [0.15, 0.2) is 71.7 Å². The zero-order valence-electron chi connectivity index (χ0n) is 42.8. The number of carbonyl (C=O) groups excluding carboxylic acids is 11. The molecule has 18 N–H and O–H groups in total. The second-order valence-corrected chi connectivity index (χ2v) is 19.6. The number of nitrogens with two attached hydrogens (primary N) is 5. The molecule has 0 saturated carbocycles. The Morgan fingerprint density at radius 1 is 0.641 bits per heavy atom. The van der Waals surface area contributed by atoms with Crippen LogP contribution in [-0.4, -0.2) is 154 Å². The molecule has 0 radical (unpaired) electrons. The SMILES string of the molecule is CC(S)C(=O)N[C@@H](Cc1ccc(O)cc1)C(=O)N[C@@H](Cc1ccc2ccccc2c1)C(=O)N[C@@H](CCC(N)=O)C(=O)N[C@@H](CC(N)=O)C(=O)N[C@@H](CS)C(=O)N1CCC[C@H]1C(=O)N[C@H](CCCN=C(N)N)C(=O)NCC(N)=O. The summed E-state index contributed by atoms with van der Waals surface area (Å²) in [4.78, 5) is 152. The number of hydrogen-bond acceptors (Lipinski definition) is 15. The van der Waals surface area contributed by atoms with Crippen LogP contribution in [0.1, 0.15) is 63.0 Å². The largest absolute Gasteiger partial charge is 0.508 e. The molecule has 1 aliphatic rings. The van der Waals surface area contributed by atoms with Crippen molar-refractivity contribution in [3.63, 3.8) is 0 Å². The molecule has 1 saturated heterocycles. The number of fused-ring (bicyclic) bond motifs is 1. The molecule has 1 unspecified atom stereocenters. The molecule has 3 aromatic rings. The number of nitrogens with zero attached hydrogens (tertiary/aromatic N) is 2. The minimum Gasteiger partial charge on any atom is -0.508 e. The van der Waals surface area contributed by atoms with Crippen molar-refractivity contribution in [3.05, 3.63) is 77.9 Å². The molecule has 0 aromatic heterocycles. The summed E-state index contributed by atoms with van der Waals surface area (Å²) >= 11 is 8.45. The van der Waals surface area contributed by atoms with Crippen LogP contribution in [0.25, 0.3) is 10.8 Å². The first kappa shape index (κ1) is 62.4. The van der Waals surface area contributed by atoms with Gasteiger partial charge in [0.25, 0.3) is 0 Å². The van der Waals surface area contributed by atoms with Gasteiger partial charge in [-0.2, -0.15) is 25.3 Å². The number of nitrogens with one attached hydrogen (secondary N) is 7. The van der Waals surface area contributed by atoms with E-state index in [1.165, 1.54) is 24.0 Å². The molecule has 0 aliphatic carbocycles. The van der Waals surface area contributed by atoms with Crippen LogP contribution >= 0.6 is 25.3 Å². The minimum atomic E-state index is -1.80. The maximum atomic E-state index is 14.5. The minimum absolute atomic E-state index is 0.0202. The number of aromatic hydroxyl groups is 1. The summed E-state index contributed by atoms with van der Waals surface area (Å²) in [6.45, 7) is 1.11. The number of carbonyl (C=O) groups is 11. The molecule has 1 heterocycles. The van der Waals surface area contributed by atoms with Gasteiger partial charge in [0.05, 0.1) is 18.2 Å². The standard InChI is InChI=1S/C50H68N14O12S2/c1-26(78)42(69)60-34(21-27-11-14-31(65)15-12-27)46(73)61-35(22-28-10-13-29-6-2-3-7-30(29)20-28)45(72)58-33(16-17-39(51)66)44(71)62-36(23-40(52)67)47(74)63-37(25-77)49(76)64-19-5-9-38(64)48(75)59-32(8-4-18-56-50(54)55)43(70)57-24-41(53)68/h2-3,6-7,10-15,20,26,32-38,65,77-78H,4-5,8-9,16-19,21-25H2,1H3,(H2,51,66)(H2,52,67)(H2,53,68)(H,57,70)(H,58,72)(H,59,75)(H,60,69)(H,61,73)(H,62,71)(H,63,74)(H4,54,55,56)/t26?,32-,33+,34+,35+,36+,37+,38+/m1/s1. The molecule has 1 aliphatic heterocycles. The van der Waals surface area contributed by atoms with E-state index < -0.39 is 138 Å². The van der Waals surface area contributed by atoms with Crippen LogP contribution in [0.5, 0.6) is 5.75 Å². The van der Waals surface area contributed by atoms with E-state index in [1.54, 1.807) is 30.3 Å². The van der Waals surface area contributed by atoms with E-state index in [2.05, 4.69) is 67.5 Å². The van der Waals surface area contributed by atoms with Gasteiger partial charge >= 0.3 is 0 Å². The lowest BCUT2D eigenvalue weighted by atomic mass is 9.99. The number of guanidine groups is 1. The van der Waals surface area contributed by atoms with Crippen molar-refractivity contribution in [3.8, 4) is 5.75 Å². The van der Waals surface area contributed by atoms with E-state index in [-0.39, 0.29) is 62.7 Å². The highest BCUT2D eigenvalue weighted by molar-refractivity contribution is 7.81. The number of rotatable bonds is 30. The van der Waals surface area contributed by atoms with Gasteiger partial charge in [-0.15, -0.1) is 0 Å². The van der Waals surface area contributed by atoms with Crippen LogP contribution in [0.4, 0.5) is 0 Å². The topological polar surface area (TPSA) is 438 Å². The molecular weight excluding hydrogens is 1050 g/mol. The van der Waals surface area contributed by atoms with E-state index in [9.17, 15) is 57.8 Å². The third kappa shape index (κ3) is 20.1. The fourth-order valence-electron chi connectivity index (χ4n) is 8.26. The van der Waals surface area contributed by atoms with Gasteiger partial charge in [0.1, 0.15) is 48.0 Å². The summed E-state index contributed by atoms with van der Waals surface area (Å²) in [7, 11) is 0. The Morgan fingerprint density at radius 2 is 1.19 bits per heavy atom. The highest BCUT2D eigenvalue weighted by Crippen LogP contribution is 2.21. The second kappa shape index (κ2) is 30.6. The lowest BCUT2D eigenvalue weighted by Gasteiger charge is -2.30. The van der Waals surface area contributed by atoms with Gasteiger partial charge in [0.15, 0.2) is 5.96 Å². The van der Waals surface area contributed by atoms with Gasteiger partial charge in [-0.3, -0.25) is 57.7 Å². The Hall–Kier alpha value is -8.14. The molecule has 0 spiro atoms. The third-order valence-electron chi connectivity index (χ3n) is 12.3. The highest BCUT2D eigenvalue weighted by atomic mass is 32.1. The molecule has 3 aromatic carbocycles. The van der Waals surface area contributed by atoms with Crippen molar-refractivity contribution in [2.45, 2.75) is 112 Å². The zero-order valence-corrected chi connectivity index (χ0v) is 44.6. The summed E-state index contributed by atoms with van der Waals surface area (Å²) in [5, 5.41) is 28.3. The maximum absolute atomic E-state index is 14.5. The van der Waals surface area contributed by atoms with Gasteiger partial charge in [-0.25, -0.2) is 0 Å². The van der Waals surface area contributed by atoms with Gasteiger partial charge in [0.2, 0.25) is 65.0 Å². The maximum Gasteiger partial charge on any atom is 0.246 e. The summed E-state index contributed by atoms with van der Waals surface area (Å²) in [6.07, 6.45) is -1.30. The Kier molecular flexibility index (Phi) is 24.4. The van der Waals surface area contributed by atoms with Gasteiger partial charge in [-0.05, 0) is 73.1 Å². The number of benzene rings is 3. The van der Waals surface area contributed by atoms with Crippen LogP contribution in [-0.2, 0) is 65.6 Å². The molecule has 4 rings (SSSR count). The molecule has 78 heavy (non-hydrogen) atoms. The summed E-state index contributed by atoms with van der Waals surface area (Å²) in [5.74, 6) is -10.3. The summed E-state index contributed by atoms with van der Waals surface area (Å²) in [5.41, 5.74) is 28.0. The van der Waals surface area contributed by atoms with Crippen LogP contribution in [0.2, 0.25) is 0 Å². The fourth-order valence-corrected chi connectivity index (χ4v) is 8.58. The van der Waals surface area contributed by atoms with Crippen molar-refractivity contribution in [1.82, 2.24) is 42.1 Å². The van der Waals surface area contributed by atoms with Crippen molar-refractivity contribution in [1.29, 1.82) is 0 Å². The lowest BCUT2D eigenvalue weighted by molar-refractivity contribution is -0.142. The van der Waals surface area contributed by atoms with Gasteiger partial charge in [0, 0.05) is 38.1 Å². The van der Waals surface area contributed by atoms with E-state index in [0.29, 0.717) is 17.5 Å². The molecule has 422 valence electrons. The van der Waals surface area contributed by atoms with Crippen molar-refractivity contribution < 1.29 is 57.8 Å². The van der Waals surface area contributed by atoms with Crippen molar-refractivity contribution in [2.24, 2.45) is 33.7 Å². The number of likely N-dealkylation sites (tertiary alicyclic amines) is 1. The number of phenolic OH excluding ortho intramolecular Hbond substituents is 1. The average molecular weight is 1120 g/mol. The normalized spacial score (nSPS) is 15.6. The monoisotopic (exact) mass is 1120 g/mol. The number of aliphatic imine (C=N–C) groups is 1. The van der Waals surface area contributed by atoms with E-state index >= 15 is 0 Å². The molecule has 1 fully saturated rings. The predicted molar refractivity (Wildman–Crippen MR) is 292 cm³/mol. The Morgan fingerprint density at radius 3 is 1.79 bits per heavy atom. The molecular formula is C50H68N14O12S2. The van der Waals surface area contributed by atoms with Crippen LogP contribution < -0.4 is 65.9 Å². The van der Waals surface area contributed by atoms with Crippen molar-refractivity contribution >= 4 is 107 Å². The molecule has 0 bridgehead atoms. The Bertz CT molecular complexity index is 2710. The van der Waals surface area contributed by atoms with E-state index in [1.807, 2.05) is 24.3 Å². The van der Waals surface area contributed by atoms with E-state index in [0.717, 1.165) is 10.8 Å². The lowest BCUT2D eigenvalue weighted by Crippen LogP contribution is -2.61. The molecule has 8 atom stereocenters. The van der Waals surface area contributed by atoms with Crippen molar-refractivity contribution in [2.75, 3.05) is 25.4 Å². The van der Waals surface area contributed by atoms with E-state index in [4.69, 9.17) is 28.7 Å². The fraction of sp³-hybridized carbons (Fsp3) is 0.440. The zero-order chi connectivity index (χ0) is 57.6. The number of thiol groups is 2. The smallest absolute Gasteiger partial charge is 0.246 e. The first-order chi connectivity index (χ1) is 36.9. The first-order valence-corrected chi connectivity index (χ1v) is 26.0. The quantitative estimate of drug-likeness (QED) is 0.0132. The predicted octanol–water partition coefficient (Wildman–Crippen LogP) is -3.73.